The summed E-state index contributed by atoms with van der Waals surface area (Å²) >= 11 is 1.78. The maximum absolute atomic E-state index is 11.0. The Balaban J connectivity index is 2.28. The highest BCUT2D eigenvalue weighted by molar-refractivity contribution is 7.11. The van der Waals surface area contributed by atoms with Crippen molar-refractivity contribution in [2.75, 3.05) is 0 Å². The van der Waals surface area contributed by atoms with Gasteiger partial charge in [0.05, 0.1) is 0 Å². The van der Waals surface area contributed by atoms with Crippen molar-refractivity contribution in [1.29, 1.82) is 0 Å². The van der Waals surface area contributed by atoms with Crippen molar-refractivity contribution in [2.45, 2.75) is 26.2 Å². The lowest BCUT2D eigenvalue weighted by Crippen LogP contribution is -2.02. The Morgan fingerprint density at radius 2 is 2.23 bits per heavy atom. The van der Waals surface area contributed by atoms with E-state index in [0.717, 1.165) is 12.8 Å². The fourth-order valence-electron chi connectivity index (χ4n) is 1.62. The van der Waals surface area contributed by atoms with E-state index in [0.29, 0.717) is 12.2 Å². The molecule has 0 atom stereocenters. The lowest BCUT2D eigenvalue weighted by Gasteiger charge is -2.11. The molecular weight excluding hydrogens is 180 g/mol. The summed E-state index contributed by atoms with van der Waals surface area (Å²) in [4.78, 5) is 12.4. The van der Waals surface area contributed by atoms with Crippen molar-refractivity contribution >= 4 is 22.7 Å². The summed E-state index contributed by atoms with van der Waals surface area (Å²) < 4.78 is 0. The molecule has 2 rings (SSSR count). The molecule has 0 bridgehead atoms. The third-order valence-electron chi connectivity index (χ3n) is 2.40. The summed E-state index contributed by atoms with van der Waals surface area (Å²) in [7, 11) is 0. The fourth-order valence-corrected chi connectivity index (χ4v) is 2.62. The number of allylic oxidation sites excluding steroid dienone is 2. The van der Waals surface area contributed by atoms with E-state index in [1.807, 2.05) is 0 Å². The summed E-state index contributed by atoms with van der Waals surface area (Å²) in [6, 6.07) is 2.14. The fraction of sp³-hybridized carbons (Fsp3) is 0.364. The van der Waals surface area contributed by atoms with Gasteiger partial charge in [0, 0.05) is 17.7 Å². The van der Waals surface area contributed by atoms with Crippen molar-refractivity contribution in [1.82, 2.24) is 0 Å². The minimum Gasteiger partial charge on any atom is -0.299 e. The van der Waals surface area contributed by atoms with Crippen molar-refractivity contribution in [2.24, 2.45) is 0 Å². The van der Waals surface area contributed by atoms with Gasteiger partial charge in [-0.1, -0.05) is 6.08 Å². The van der Waals surface area contributed by atoms with Crippen LogP contribution in [-0.2, 0) is 4.79 Å². The van der Waals surface area contributed by atoms with Gasteiger partial charge in [0.1, 0.15) is 5.78 Å². The Kier molecular flexibility index (Phi) is 2.32. The van der Waals surface area contributed by atoms with Gasteiger partial charge in [-0.15, -0.1) is 11.3 Å². The number of hydrogen-bond donors (Lipinski definition) is 0. The molecular formula is C11H12OS. The molecule has 1 aliphatic rings. The molecule has 0 saturated heterocycles. The van der Waals surface area contributed by atoms with Crippen molar-refractivity contribution in [3.8, 4) is 0 Å². The van der Waals surface area contributed by atoms with Crippen LogP contribution in [0.2, 0.25) is 0 Å². The summed E-state index contributed by atoms with van der Waals surface area (Å²) in [5, 5.41) is 2.11. The quantitative estimate of drug-likeness (QED) is 0.667. The van der Waals surface area contributed by atoms with Crippen LogP contribution in [-0.4, -0.2) is 5.78 Å². The van der Waals surface area contributed by atoms with Gasteiger partial charge in [0.15, 0.2) is 0 Å². The number of ketones is 1. The summed E-state index contributed by atoms with van der Waals surface area (Å²) in [5.41, 5.74) is 2.71. The monoisotopic (exact) mass is 192 g/mol. The lowest BCUT2D eigenvalue weighted by atomic mass is 9.96. The molecule has 0 radical (unpaired) electrons. The van der Waals surface area contributed by atoms with Gasteiger partial charge in [0.2, 0.25) is 0 Å². The van der Waals surface area contributed by atoms with Crippen LogP contribution in [0.1, 0.15) is 29.7 Å². The molecule has 1 aromatic heterocycles. The second kappa shape index (κ2) is 3.46. The maximum Gasteiger partial charge on any atom is 0.137 e. The number of thiophene rings is 1. The summed E-state index contributed by atoms with van der Waals surface area (Å²) in [6.45, 7) is 2.13. The molecule has 0 aliphatic heterocycles. The first kappa shape index (κ1) is 8.70. The largest absolute Gasteiger partial charge is 0.299 e. The molecule has 1 nitrogen and oxygen atoms in total. The van der Waals surface area contributed by atoms with Gasteiger partial charge in [-0.3, -0.25) is 4.79 Å². The van der Waals surface area contributed by atoms with Crippen LogP contribution in [0.5, 0.6) is 0 Å². The zero-order valence-electron chi connectivity index (χ0n) is 7.67. The number of carbonyl (C=O) groups is 1. The highest BCUT2D eigenvalue weighted by Crippen LogP contribution is 2.31. The van der Waals surface area contributed by atoms with E-state index < -0.39 is 0 Å². The molecule has 1 aliphatic carbocycles. The number of hydrogen-bond acceptors (Lipinski definition) is 2. The van der Waals surface area contributed by atoms with Gasteiger partial charge in [-0.2, -0.15) is 0 Å². The smallest absolute Gasteiger partial charge is 0.137 e. The lowest BCUT2D eigenvalue weighted by molar-refractivity contribution is -0.118. The predicted molar refractivity (Wildman–Crippen MR) is 55.9 cm³/mol. The van der Waals surface area contributed by atoms with E-state index in [-0.39, 0.29) is 0 Å². The maximum atomic E-state index is 11.0. The van der Waals surface area contributed by atoms with E-state index in [1.54, 1.807) is 11.3 Å². The van der Waals surface area contributed by atoms with Gasteiger partial charge < -0.3 is 0 Å². The second-order valence-corrected chi connectivity index (χ2v) is 4.32. The average molecular weight is 192 g/mol. The third kappa shape index (κ3) is 1.73. The normalized spacial score (nSPS) is 17.3. The molecule has 0 N–H and O–H groups in total. The van der Waals surface area contributed by atoms with Crippen molar-refractivity contribution < 1.29 is 4.79 Å². The molecule has 0 fully saturated rings. The molecule has 0 spiro atoms. The molecule has 0 amide bonds. The van der Waals surface area contributed by atoms with Crippen LogP contribution in [0.4, 0.5) is 0 Å². The third-order valence-corrected chi connectivity index (χ3v) is 3.50. The molecule has 68 valence electrons. The van der Waals surface area contributed by atoms with E-state index in [4.69, 9.17) is 0 Å². The number of Topliss-reactive ketones (excluding diaryl/α,β-unsaturated/α-hetero) is 1. The molecule has 0 unspecified atom stereocenters. The summed E-state index contributed by atoms with van der Waals surface area (Å²) in [5.74, 6) is 0.373. The van der Waals surface area contributed by atoms with Crippen LogP contribution in [0, 0.1) is 6.92 Å². The van der Waals surface area contributed by atoms with Gasteiger partial charge in [-0.25, -0.2) is 0 Å². The van der Waals surface area contributed by atoms with E-state index in [2.05, 4.69) is 24.4 Å². The minimum atomic E-state index is 0.373. The Hall–Kier alpha value is -0.890. The SMILES string of the molecule is Cc1ccsc1C1=CCC(=O)CC1. The van der Waals surface area contributed by atoms with Crippen LogP contribution < -0.4 is 0 Å². The second-order valence-electron chi connectivity index (χ2n) is 3.40. The van der Waals surface area contributed by atoms with Crippen LogP contribution in [0.15, 0.2) is 17.5 Å². The zero-order valence-corrected chi connectivity index (χ0v) is 8.49. The standard InChI is InChI=1S/C11H12OS/c1-8-6-7-13-11(8)9-2-4-10(12)5-3-9/h2,6-7H,3-5H2,1H3. The van der Waals surface area contributed by atoms with E-state index in [9.17, 15) is 4.79 Å². The Labute approximate surface area is 82.1 Å². The van der Waals surface area contributed by atoms with Gasteiger partial charge >= 0.3 is 0 Å². The topological polar surface area (TPSA) is 17.1 Å². The Morgan fingerprint density at radius 3 is 2.77 bits per heavy atom. The van der Waals surface area contributed by atoms with E-state index >= 15 is 0 Å². The summed E-state index contributed by atoms with van der Waals surface area (Å²) in [6.07, 6.45) is 4.38. The number of carbonyl (C=O) groups excluding carboxylic acids is 1. The van der Waals surface area contributed by atoms with Gasteiger partial charge in [-0.05, 0) is 35.9 Å². The molecule has 0 saturated carbocycles. The molecule has 13 heavy (non-hydrogen) atoms. The first-order valence-corrected chi connectivity index (χ1v) is 5.40. The highest BCUT2D eigenvalue weighted by atomic mass is 32.1. The average Bonchev–Trinajstić information content (AvgIpc) is 2.53. The van der Waals surface area contributed by atoms with Crippen LogP contribution in [0.25, 0.3) is 5.57 Å². The minimum absolute atomic E-state index is 0.373. The molecule has 2 heteroatoms. The number of aryl methyl sites for hydroxylation is 1. The molecule has 1 heterocycles. The highest BCUT2D eigenvalue weighted by Gasteiger charge is 2.13. The zero-order chi connectivity index (χ0) is 9.26. The van der Waals surface area contributed by atoms with E-state index in [1.165, 1.54) is 16.0 Å². The van der Waals surface area contributed by atoms with Crippen molar-refractivity contribution in [3.05, 3.63) is 28.0 Å². The Morgan fingerprint density at radius 1 is 1.38 bits per heavy atom. The number of rotatable bonds is 1. The first-order chi connectivity index (χ1) is 6.27. The van der Waals surface area contributed by atoms with Gasteiger partial charge in [0.25, 0.3) is 0 Å². The van der Waals surface area contributed by atoms with Crippen LogP contribution in [0.3, 0.4) is 0 Å². The molecule has 1 aromatic rings. The van der Waals surface area contributed by atoms with Crippen LogP contribution >= 0.6 is 11.3 Å². The Bertz CT molecular complexity index is 360. The predicted octanol–water partition coefficient (Wildman–Crippen LogP) is 3.19. The van der Waals surface area contributed by atoms with Crippen molar-refractivity contribution in [3.63, 3.8) is 0 Å². The molecule has 0 aromatic carbocycles. The first-order valence-electron chi connectivity index (χ1n) is 4.52.